The van der Waals surface area contributed by atoms with Crippen LogP contribution in [0.1, 0.15) is 0 Å². The molecule has 2 rings (SSSR count). The van der Waals surface area contributed by atoms with Crippen molar-refractivity contribution in [2.75, 3.05) is 0 Å². The van der Waals surface area contributed by atoms with Gasteiger partial charge in [-0.1, -0.05) is 0 Å². The van der Waals surface area contributed by atoms with E-state index in [9.17, 15) is 9.59 Å². The summed E-state index contributed by atoms with van der Waals surface area (Å²) in [7, 11) is 0. The minimum absolute atomic E-state index is 0.303. The highest BCUT2D eigenvalue weighted by Gasteiger charge is 1.96. The van der Waals surface area contributed by atoms with Gasteiger partial charge in [0.15, 0.2) is 0 Å². The summed E-state index contributed by atoms with van der Waals surface area (Å²) in [6, 6.07) is 3.19. The maximum atomic E-state index is 11.1. The molecule has 0 aromatic carbocycles. The molecule has 5 nitrogen and oxygen atoms in total. The summed E-state index contributed by atoms with van der Waals surface area (Å²) < 4.78 is 1.24. The van der Waals surface area contributed by atoms with Crippen molar-refractivity contribution in [3.63, 3.8) is 0 Å². The number of H-pyrrole nitrogens is 1. The van der Waals surface area contributed by atoms with Gasteiger partial charge in [-0.15, -0.1) is 0 Å². The number of nitrogens with zero attached hydrogens (tertiary/aromatic N) is 2. The molecule has 0 saturated heterocycles. The minimum atomic E-state index is -0.373. The molecule has 0 aliphatic rings. The second-order valence-corrected chi connectivity index (χ2v) is 2.30. The second kappa shape index (κ2) is 2.30. The Hall–Kier alpha value is -1.91. The minimum Gasteiger partial charge on any atom is -0.277 e. The normalized spacial score (nSPS) is 10.3. The smallest absolute Gasteiger partial charge is 0.277 e. The van der Waals surface area contributed by atoms with E-state index in [0.29, 0.717) is 5.52 Å². The molecule has 12 heavy (non-hydrogen) atoms. The van der Waals surface area contributed by atoms with E-state index in [1.54, 1.807) is 12.1 Å². The standard InChI is InChI=1S/C7H5N3O2/c11-6-4-8-9-7(12)5-2-1-3-10(5)6/h1-4H,(H,9,12). The van der Waals surface area contributed by atoms with Crippen LogP contribution in [0.25, 0.3) is 5.52 Å². The van der Waals surface area contributed by atoms with Gasteiger partial charge in [0.05, 0.1) is 0 Å². The van der Waals surface area contributed by atoms with Crippen LogP contribution >= 0.6 is 0 Å². The van der Waals surface area contributed by atoms with E-state index in [1.165, 1.54) is 10.6 Å². The summed E-state index contributed by atoms with van der Waals surface area (Å²) in [5.41, 5.74) is -0.395. The monoisotopic (exact) mass is 163 g/mol. The van der Waals surface area contributed by atoms with Crippen LogP contribution in [0.2, 0.25) is 0 Å². The third kappa shape index (κ3) is 0.833. The molecule has 1 N–H and O–H groups in total. The highest BCUT2D eigenvalue weighted by Crippen LogP contribution is 1.89. The number of rotatable bonds is 0. The Balaban J connectivity index is 3.22. The summed E-state index contributed by atoms with van der Waals surface area (Å²) >= 11 is 0. The lowest BCUT2D eigenvalue weighted by Gasteiger charge is -1.79. The SMILES string of the molecule is O=c1[nH]ncc(=O)n2cccc12. The van der Waals surface area contributed by atoms with E-state index in [0.717, 1.165) is 6.20 Å². The Kier molecular flexibility index (Phi) is 1.30. The first kappa shape index (κ1) is 6.78. The van der Waals surface area contributed by atoms with Crippen LogP contribution in [-0.4, -0.2) is 14.6 Å². The third-order valence-corrected chi connectivity index (χ3v) is 1.56. The van der Waals surface area contributed by atoms with Crippen LogP contribution < -0.4 is 11.1 Å². The van der Waals surface area contributed by atoms with Crippen molar-refractivity contribution < 1.29 is 0 Å². The van der Waals surface area contributed by atoms with Crippen molar-refractivity contribution in [1.82, 2.24) is 14.6 Å². The van der Waals surface area contributed by atoms with Crippen LogP contribution in [0.4, 0.5) is 0 Å². The highest BCUT2D eigenvalue weighted by molar-refractivity contribution is 5.43. The fourth-order valence-electron chi connectivity index (χ4n) is 1.02. The molecule has 0 atom stereocenters. The van der Waals surface area contributed by atoms with E-state index < -0.39 is 0 Å². The zero-order valence-electron chi connectivity index (χ0n) is 6.02. The predicted octanol–water partition coefficient (Wildman–Crippen LogP) is -0.617. The molecule has 0 unspecified atom stereocenters. The van der Waals surface area contributed by atoms with E-state index in [-0.39, 0.29) is 11.1 Å². The zero-order chi connectivity index (χ0) is 8.55. The molecule has 0 fully saturated rings. The predicted molar refractivity (Wildman–Crippen MR) is 42.1 cm³/mol. The van der Waals surface area contributed by atoms with Crippen molar-refractivity contribution in [2.24, 2.45) is 0 Å². The van der Waals surface area contributed by atoms with E-state index in [1.807, 2.05) is 0 Å². The van der Waals surface area contributed by atoms with Crippen LogP contribution in [-0.2, 0) is 0 Å². The Morgan fingerprint density at radius 1 is 1.42 bits per heavy atom. The van der Waals surface area contributed by atoms with Gasteiger partial charge in [0.2, 0.25) is 0 Å². The molecule has 5 heteroatoms. The average Bonchev–Trinajstić information content (AvgIpc) is 2.47. The van der Waals surface area contributed by atoms with Gasteiger partial charge >= 0.3 is 0 Å². The van der Waals surface area contributed by atoms with Crippen molar-refractivity contribution >= 4 is 5.52 Å². The Morgan fingerprint density at radius 2 is 2.25 bits per heavy atom. The highest BCUT2D eigenvalue weighted by atomic mass is 16.1. The maximum Gasteiger partial charge on any atom is 0.288 e. The van der Waals surface area contributed by atoms with Crippen molar-refractivity contribution in [3.05, 3.63) is 45.2 Å². The second-order valence-electron chi connectivity index (χ2n) is 2.30. The lowest BCUT2D eigenvalue weighted by molar-refractivity contribution is 1.01. The molecule has 2 aromatic heterocycles. The van der Waals surface area contributed by atoms with Gasteiger partial charge in [-0.05, 0) is 12.1 Å². The van der Waals surface area contributed by atoms with Crippen molar-refractivity contribution in [1.29, 1.82) is 0 Å². The van der Waals surface area contributed by atoms with E-state index >= 15 is 0 Å². The summed E-state index contributed by atoms with van der Waals surface area (Å²) in [6.45, 7) is 0. The average molecular weight is 163 g/mol. The molecular weight excluding hydrogens is 158 g/mol. The van der Waals surface area contributed by atoms with Gasteiger partial charge in [-0.3, -0.25) is 14.0 Å². The molecule has 0 bridgehead atoms. The van der Waals surface area contributed by atoms with Crippen LogP contribution in [0.5, 0.6) is 0 Å². The summed E-state index contributed by atoms with van der Waals surface area (Å²) in [4.78, 5) is 22.2. The molecule has 0 saturated carbocycles. The van der Waals surface area contributed by atoms with Crippen molar-refractivity contribution in [2.45, 2.75) is 0 Å². The lowest BCUT2D eigenvalue weighted by Crippen LogP contribution is -2.09. The number of aromatic nitrogens is 3. The maximum absolute atomic E-state index is 11.1. The molecule has 0 spiro atoms. The molecule has 0 amide bonds. The molecule has 0 aliphatic carbocycles. The number of hydrogen-bond acceptors (Lipinski definition) is 3. The quantitative estimate of drug-likeness (QED) is 0.563. The van der Waals surface area contributed by atoms with Crippen LogP contribution in [0, 0.1) is 0 Å². The number of hydrogen-bond donors (Lipinski definition) is 1. The largest absolute Gasteiger partial charge is 0.288 e. The first-order valence-electron chi connectivity index (χ1n) is 3.34. The van der Waals surface area contributed by atoms with Gasteiger partial charge < -0.3 is 0 Å². The van der Waals surface area contributed by atoms with Crippen LogP contribution in [0.15, 0.2) is 34.1 Å². The van der Waals surface area contributed by atoms with Gasteiger partial charge in [0.25, 0.3) is 11.1 Å². The van der Waals surface area contributed by atoms with Gasteiger partial charge in [0.1, 0.15) is 11.7 Å². The molecule has 60 valence electrons. The molecule has 2 aromatic rings. The first-order chi connectivity index (χ1) is 5.79. The Morgan fingerprint density at radius 3 is 3.08 bits per heavy atom. The summed E-state index contributed by atoms with van der Waals surface area (Å²) in [5, 5.41) is 5.63. The Labute approximate surface area is 66.3 Å². The molecule has 0 aliphatic heterocycles. The summed E-state index contributed by atoms with van der Waals surface area (Å²) in [5.74, 6) is 0. The van der Waals surface area contributed by atoms with Gasteiger partial charge in [0, 0.05) is 6.20 Å². The lowest BCUT2D eigenvalue weighted by atomic mass is 10.5. The number of aromatic amines is 1. The number of fused-ring (bicyclic) bond motifs is 1. The van der Waals surface area contributed by atoms with Crippen molar-refractivity contribution in [3.8, 4) is 0 Å². The van der Waals surface area contributed by atoms with Gasteiger partial charge in [-0.2, -0.15) is 5.10 Å². The number of nitrogens with one attached hydrogen (secondary N) is 1. The fraction of sp³-hybridized carbons (Fsp3) is 0. The summed E-state index contributed by atoms with van der Waals surface area (Å²) in [6.07, 6.45) is 2.59. The molecular formula is C7H5N3O2. The van der Waals surface area contributed by atoms with E-state index in [4.69, 9.17) is 0 Å². The first-order valence-corrected chi connectivity index (χ1v) is 3.34. The zero-order valence-corrected chi connectivity index (χ0v) is 6.02. The topological polar surface area (TPSA) is 67.2 Å². The Bertz CT molecular complexity index is 481. The molecule has 0 radical (unpaired) electrons. The fourth-order valence-corrected chi connectivity index (χ4v) is 1.02. The van der Waals surface area contributed by atoms with E-state index in [2.05, 4.69) is 10.2 Å². The third-order valence-electron chi connectivity index (χ3n) is 1.56. The van der Waals surface area contributed by atoms with Crippen LogP contribution in [0.3, 0.4) is 0 Å². The molecule has 2 heterocycles. The van der Waals surface area contributed by atoms with Gasteiger partial charge in [-0.25, -0.2) is 5.10 Å².